The lowest BCUT2D eigenvalue weighted by Gasteiger charge is -2.36. The van der Waals surface area contributed by atoms with E-state index in [1.54, 1.807) is 17.4 Å². The van der Waals surface area contributed by atoms with Gasteiger partial charge in [-0.2, -0.15) is 0 Å². The van der Waals surface area contributed by atoms with Crippen LogP contribution in [0.2, 0.25) is 0 Å². The molecule has 1 unspecified atom stereocenters. The summed E-state index contributed by atoms with van der Waals surface area (Å²) in [6, 6.07) is 9.77. The largest absolute Gasteiger partial charge is 0.460 e. The molecule has 1 aromatic heterocycles. The number of carbonyl (C=O) groups excluding carboxylic acids is 2. The van der Waals surface area contributed by atoms with Crippen LogP contribution >= 0.6 is 0 Å². The molecule has 7 heteroatoms. The molecule has 142 valence electrons. The van der Waals surface area contributed by atoms with Crippen molar-refractivity contribution in [1.29, 1.82) is 0 Å². The van der Waals surface area contributed by atoms with Crippen LogP contribution in [0.4, 0.5) is 4.79 Å². The highest BCUT2D eigenvalue weighted by Gasteiger charge is 2.50. The van der Waals surface area contributed by atoms with Crippen LogP contribution in [0, 0.1) is 5.41 Å². The fraction of sp³-hybridized carbons (Fsp3) is 0.450. The topological polar surface area (TPSA) is 76.5 Å². The number of hydrogen-bond acceptors (Lipinski definition) is 4. The Labute approximate surface area is 158 Å². The first-order chi connectivity index (χ1) is 13.1. The number of nitrogens with zero attached hydrogens (tertiary/aromatic N) is 3. The maximum atomic E-state index is 12.5. The highest BCUT2D eigenvalue weighted by molar-refractivity contribution is 5.80. The summed E-state index contributed by atoms with van der Waals surface area (Å²) in [4.78, 5) is 30.8. The van der Waals surface area contributed by atoms with Crippen LogP contribution in [-0.4, -0.2) is 45.6 Å². The fourth-order valence-corrected chi connectivity index (χ4v) is 4.00. The molecular formula is C20H24N4O3. The monoisotopic (exact) mass is 368 g/mol. The summed E-state index contributed by atoms with van der Waals surface area (Å²) in [5.74, 6) is -0.114. The molecule has 2 fully saturated rings. The van der Waals surface area contributed by atoms with Crippen LogP contribution in [0.25, 0.3) is 0 Å². The number of aromatic nitrogens is 2. The van der Waals surface area contributed by atoms with Crippen molar-refractivity contribution in [3.8, 4) is 0 Å². The molecule has 1 aromatic carbocycles. The minimum atomic E-state index is -0.443. The van der Waals surface area contributed by atoms with Gasteiger partial charge in [0.1, 0.15) is 6.10 Å². The van der Waals surface area contributed by atoms with Gasteiger partial charge in [0.05, 0.1) is 18.3 Å². The van der Waals surface area contributed by atoms with Gasteiger partial charge >= 0.3 is 12.0 Å². The van der Waals surface area contributed by atoms with Gasteiger partial charge in [0.25, 0.3) is 0 Å². The number of piperidine rings is 1. The Morgan fingerprint density at radius 2 is 2.04 bits per heavy atom. The molecule has 0 saturated carbocycles. The molecule has 1 spiro atoms. The van der Waals surface area contributed by atoms with Crippen molar-refractivity contribution in [2.45, 2.75) is 38.5 Å². The standard InChI is InChI=1S/C20H24N4O3/c25-18-20(12-17(27-18)14-23-11-8-21-15-23)6-9-24(10-7-20)19(26)22-13-16-4-2-1-3-5-16/h1-5,8,11,15,17H,6-7,9-10,12-14H2,(H,22,26). The number of rotatable bonds is 4. The minimum absolute atomic E-state index is 0.0740. The summed E-state index contributed by atoms with van der Waals surface area (Å²) in [5, 5.41) is 2.96. The highest BCUT2D eigenvalue weighted by atomic mass is 16.6. The van der Waals surface area contributed by atoms with E-state index < -0.39 is 5.41 Å². The SMILES string of the molecule is O=C(NCc1ccccc1)N1CCC2(CC1)CC(Cn1ccnc1)OC2=O. The van der Waals surface area contributed by atoms with E-state index in [0.29, 0.717) is 45.4 Å². The van der Waals surface area contributed by atoms with E-state index in [0.717, 1.165) is 5.56 Å². The average Bonchev–Trinajstić information content (AvgIpc) is 3.30. The van der Waals surface area contributed by atoms with Gasteiger partial charge in [0.2, 0.25) is 0 Å². The molecule has 2 aliphatic heterocycles. The number of hydrogen-bond donors (Lipinski definition) is 1. The third kappa shape index (κ3) is 3.82. The number of cyclic esters (lactones) is 1. The van der Waals surface area contributed by atoms with Crippen LogP contribution in [0.1, 0.15) is 24.8 Å². The number of carbonyl (C=O) groups is 2. The van der Waals surface area contributed by atoms with Crippen molar-refractivity contribution in [3.05, 3.63) is 54.6 Å². The van der Waals surface area contributed by atoms with Gasteiger partial charge in [-0.15, -0.1) is 0 Å². The average molecular weight is 368 g/mol. The summed E-state index contributed by atoms with van der Waals surface area (Å²) >= 11 is 0. The Morgan fingerprint density at radius 1 is 1.26 bits per heavy atom. The first-order valence-electron chi connectivity index (χ1n) is 9.38. The second-order valence-corrected chi connectivity index (χ2v) is 7.40. The van der Waals surface area contributed by atoms with Gasteiger partial charge < -0.3 is 19.5 Å². The molecule has 2 aromatic rings. The normalized spacial score (nSPS) is 21.3. The zero-order valence-corrected chi connectivity index (χ0v) is 15.2. The van der Waals surface area contributed by atoms with Gasteiger partial charge in [-0.1, -0.05) is 30.3 Å². The van der Waals surface area contributed by atoms with Crippen LogP contribution in [0.15, 0.2) is 49.1 Å². The lowest BCUT2D eigenvalue weighted by Crippen LogP contribution is -2.48. The van der Waals surface area contributed by atoms with Gasteiger partial charge in [0.15, 0.2) is 0 Å². The maximum absolute atomic E-state index is 12.5. The van der Waals surface area contributed by atoms with E-state index in [2.05, 4.69) is 10.3 Å². The van der Waals surface area contributed by atoms with E-state index >= 15 is 0 Å². The Kier molecular flexibility index (Phi) is 4.83. The number of ether oxygens (including phenoxy) is 1. The molecule has 1 N–H and O–H groups in total. The third-order valence-electron chi connectivity index (χ3n) is 5.59. The van der Waals surface area contributed by atoms with E-state index in [9.17, 15) is 9.59 Å². The van der Waals surface area contributed by atoms with Crippen LogP contribution < -0.4 is 5.32 Å². The Morgan fingerprint density at radius 3 is 2.74 bits per heavy atom. The van der Waals surface area contributed by atoms with Gasteiger partial charge in [-0.25, -0.2) is 9.78 Å². The number of imidazole rings is 1. The van der Waals surface area contributed by atoms with Crippen molar-refractivity contribution in [2.75, 3.05) is 13.1 Å². The van der Waals surface area contributed by atoms with Gasteiger partial charge in [0, 0.05) is 38.4 Å². The van der Waals surface area contributed by atoms with Crippen LogP contribution in [-0.2, 0) is 22.6 Å². The van der Waals surface area contributed by atoms with Crippen molar-refractivity contribution in [3.63, 3.8) is 0 Å². The van der Waals surface area contributed by atoms with E-state index in [-0.39, 0.29) is 18.1 Å². The Hall–Kier alpha value is -2.83. The quantitative estimate of drug-likeness (QED) is 0.840. The smallest absolute Gasteiger partial charge is 0.317 e. The first kappa shape index (κ1) is 17.6. The Bertz CT molecular complexity index is 783. The lowest BCUT2D eigenvalue weighted by atomic mass is 9.76. The van der Waals surface area contributed by atoms with Crippen LogP contribution in [0.3, 0.4) is 0 Å². The molecule has 0 radical (unpaired) electrons. The molecule has 27 heavy (non-hydrogen) atoms. The molecule has 0 bridgehead atoms. The molecular weight excluding hydrogens is 344 g/mol. The second kappa shape index (κ2) is 7.42. The molecule has 0 aliphatic carbocycles. The summed E-state index contributed by atoms with van der Waals surface area (Å²) in [6.45, 7) is 2.30. The minimum Gasteiger partial charge on any atom is -0.460 e. The predicted molar refractivity (Wildman–Crippen MR) is 98.6 cm³/mol. The number of amides is 2. The molecule has 2 amide bonds. The number of benzene rings is 1. The summed E-state index contributed by atoms with van der Waals surface area (Å²) in [5.41, 5.74) is 0.627. The van der Waals surface area contributed by atoms with Crippen molar-refractivity contribution in [2.24, 2.45) is 5.41 Å². The van der Waals surface area contributed by atoms with Crippen molar-refractivity contribution >= 4 is 12.0 Å². The summed E-state index contributed by atoms with van der Waals surface area (Å²) in [7, 11) is 0. The highest BCUT2D eigenvalue weighted by Crippen LogP contribution is 2.43. The molecule has 3 heterocycles. The maximum Gasteiger partial charge on any atom is 0.317 e. The fourth-order valence-electron chi connectivity index (χ4n) is 4.00. The molecule has 2 saturated heterocycles. The molecule has 4 rings (SSSR count). The third-order valence-corrected chi connectivity index (χ3v) is 5.59. The zero-order valence-electron chi connectivity index (χ0n) is 15.2. The van der Waals surface area contributed by atoms with Gasteiger partial charge in [-0.3, -0.25) is 4.79 Å². The molecule has 7 nitrogen and oxygen atoms in total. The summed E-state index contributed by atoms with van der Waals surface area (Å²) < 4.78 is 7.56. The number of esters is 1. The lowest BCUT2D eigenvalue weighted by molar-refractivity contribution is -0.150. The number of urea groups is 1. The Balaban J connectivity index is 1.29. The first-order valence-corrected chi connectivity index (χ1v) is 9.38. The van der Waals surface area contributed by atoms with E-state index in [1.807, 2.05) is 41.1 Å². The number of likely N-dealkylation sites (tertiary alicyclic amines) is 1. The molecule has 1 atom stereocenters. The second-order valence-electron chi connectivity index (χ2n) is 7.40. The summed E-state index contributed by atoms with van der Waals surface area (Å²) in [6.07, 6.45) is 7.24. The zero-order chi connectivity index (χ0) is 18.7. The van der Waals surface area contributed by atoms with E-state index in [1.165, 1.54) is 0 Å². The van der Waals surface area contributed by atoms with Crippen LogP contribution in [0.5, 0.6) is 0 Å². The molecule has 2 aliphatic rings. The number of nitrogens with one attached hydrogen (secondary N) is 1. The van der Waals surface area contributed by atoms with E-state index in [4.69, 9.17) is 4.74 Å². The van der Waals surface area contributed by atoms with Crippen molar-refractivity contribution < 1.29 is 14.3 Å². The van der Waals surface area contributed by atoms with Crippen molar-refractivity contribution in [1.82, 2.24) is 19.8 Å². The van der Waals surface area contributed by atoms with Gasteiger partial charge in [-0.05, 0) is 18.4 Å². The predicted octanol–water partition coefficient (Wildman–Crippen LogP) is 2.19.